The Labute approximate surface area is 124 Å². The molecular formula is C15H22N4O2. The smallest absolute Gasteiger partial charge is 0.229 e. The van der Waals surface area contributed by atoms with E-state index in [4.69, 9.17) is 4.74 Å². The van der Waals surface area contributed by atoms with E-state index >= 15 is 0 Å². The van der Waals surface area contributed by atoms with Gasteiger partial charge in [-0.1, -0.05) is 0 Å². The Morgan fingerprint density at radius 3 is 2.86 bits per heavy atom. The molecular weight excluding hydrogens is 268 g/mol. The summed E-state index contributed by atoms with van der Waals surface area (Å²) in [6.45, 7) is 6.18. The number of rotatable bonds is 3. The second kappa shape index (κ2) is 6.41. The third-order valence-corrected chi connectivity index (χ3v) is 4.21. The fourth-order valence-corrected chi connectivity index (χ4v) is 2.89. The minimum atomic E-state index is 0.0453. The first-order chi connectivity index (χ1) is 10.2. The molecule has 2 atom stereocenters. The van der Waals surface area contributed by atoms with Crippen LogP contribution in [0.2, 0.25) is 0 Å². The van der Waals surface area contributed by atoms with Gasteiger partial charge in [0, 0.05) is 19.1 Å². The summed E-state index contributed by atoms with van der Waals surface area (Å²) >= 11 is 0. The van der Waals surface area contributed by atoms with E-state index in [1.165, 1.54) is 0 Å². The van der Waals surface area contributed by atoms with Gasteiger partial charge in [0.1, 0.15) is 5.82 Å². The molecule has 2 N–H and O–H groups in total. The van der Waals surface area contributed by atoms with E-state index in [2.05, 4.69) is 27.4 Å². The number of carbonyl (C=O) groups is 1. The van der Waals surface area contributed by atoms with Gasteiger partial charge in [-0.3, -0.25) is 4.79 Å². The van der Waals surface area contributed by atoms with E-state index in [0.29, 0.717) is 0 Å². The van der Waals surface area contributed by atoms with Gasteiger partial charge in [-0.25, -0.2) is 4.98 Å². The maximum Gasteiger partial charge on any atom is 0.229 e. The molecule has 0 saturated carbocycles. The summed E-state index contributed by atoms with van der Waals surface area (Å²) in [5, 5.41) is 6.25. The molecule has 3 heterocycles. The van der Waals surface area contributed by atoms with Crippen molar-refractivity contribution in [1.29, 1.82) is 0 Å². The summed E-state index contributed by atoms with van der Waals surface area (Å²) in [4.78, 5) is 18.8. The fraction of sp³-hybridized carbons (Fsp3) is 0.600. The van der Waals surface area contributed by atoms with Crippen molar-refractivity contribution in [2.45, 2.75) is 19.4 Å². The molecule has 1 aromatic rings. The van der Waals surface area contributed by atoms with Crippen molar-refractivity contribution in [2.75, 3.05) is 43.1 Å². The molecule has 6 heteroatoms. The second-order valence-corrected chi connectivity index (χ2v) is 5.63. The number of morpholine rings is 1. The highest BCUT2D eigenvalue weighted by atomic mass is 16.5. The van der Waals surface area contributed by atoms with Crippen LogP contribution in [-0.4, -0.2) is 49.8 Å². The number of ether oxygens (including phenoxy) is 1. The molecule has 1 amide bonds. The number of anilines is 2. The number of carbonyl (C=O) groups excluding carboxylic acids is 1. The van der Waals surface area contributed by atoms with Crippen LogP contribution in [0.4, 0.5) is 11.5 Å². The molecule has 2 saturated heterocycles. The topological polar surface area (TPSA) is 66.5 Å². The minimum Gasteiger partial charge on any atom is -0.378 e. The van der Waals surface area contributed by atoms with Crippen LogP contribution < -0.4 is 15.5 Å². The number of pyridine rings is 1. The molecule has 0 bridgehead atoms. The lowest BCUT2D eigenvalue weighted by Gasteiger charge is -2.27. The average Bonchev–Trinajstić information content (AvgIpc) is 2.95. The molecule has 2 unspecified atom stereocenters. The molecule has 21 heavy (non-hydrogen) atoms. The molecule has 2 fully saturated rings. The van der Waals surface area contributed by atoms with Crippen molar-refractivity contribution in [2.24, 2.45) is 5.92 Å². The molecule has 1 aromatic heterocycles. The van der Waals surface area contributed by atoms with Crippen LogP contribution in [0.15, 0.2) is 18.3 Å². The SMILES string of the molecule is CC1NCCC1C(=O)Nc1ccc(N2CCOCC2)nc1. The van der Waals surface area contributed by atoms with Gasteiger partial charge in [0.15, 0.2) is 0 Å². The lowest BCUT2D eigenvalue weighted by atomic mass is 10.0. The number of nitrogens with one attached hydrogen (secondary N) is 2. The summed E-state index contributed by atoms with van der Waals surface area (Å²) in [7, 11) is 0. The fourth-order valence-electron chi connectivity index (χ4n) is 2.89. The van der Waals surface area contributed by atoms with Crippen molar-refractivity contribution >= 4 is 17.4 Å². The van der Waals surface area contributed by atoms with Crippen molar-refractivity contribution in [3.05, 3.63) is 18.3 Å². The lowest BCUT2D eigenvalue weighted by Crippen LogP contribution is -2.36. The first kappa shape index (κ1) is 14.3. The van der Waals surface area contributed by atoms with Crippen molar-refractivity contribution < 1.29 is 9.53 Å². The monoisotopic (exact) mass is 290 g/mol. The highest BCUT2D eigenvalue weighted by Gasteiger charge is 2.29. The van der Waals surface area contributed by atoms with Gasteiger partial charge in [-0.2, -0.15) is 0 Å². The Balaban J connectivity index is 1.60. The van der Waals surface area contributed by atoms with E-state index in [9.17, 15) is 4.79 Å². The number of amides is 1. The predicted molar refractivity (Wildman–Crippen MR) is 81.5 cm³/mol. The zero-order chi connectivity index (χ0) is 14.7. The van der Waals surface area contributed by atoms with Crippen LogP contribution in [0.1, 0.15) is 13.3 Å². The molecule has 0 aromatic carbocycles. The van der Waals surface area contributed by atoms with Gasteiger partial charge in [-0.05, 0) is 32.0 Å². The summed E-state index contributed by atoms with van der Waals surface area (Å²) in [5.74, 6) is 1.06. The molecule has 2 aliphatic heterocycles. The highest BCUT2D eigenvalue weighted by molar-refractivity contribution is 5.93. The number of hydrogen-bond acceptors (Lipinski definition) is 5. The maximum absolute atomic E-state index is 12.2. The van der Waals surface area contributed by atoms with Crippen LogP contribution in [0.3, 0.4) is 0 Å². The predicted octanol–water partition coefficient (Wildman–Crippen LogP) is 0.855. The number of nitrogens with zero attached hydrogens (tertiary/aromatic N) is 2. The van der Waals surface area contributed by atoms with Crippen molar-refractivity contribution in [1.82, 2.24) is 10.3 Å². The Kier molecular flexibility index (Phi) is 4.36. The summed E-state index contributed by atoms with van der Waals surface area (Å²) in [6, 6.07) is 4.12. The molecule has 0 radical (unpaired) electrons. The third-order valence-electron chi connectivity index (χ3n) is 4.21. The van der Waals surface area contributed by atoms with E-state index in [0.717, 1.165) is 50.8 Å². The molecule has 0 aliphatic carbocycles. The first-order valence-electron chi connectivity index (χ1n) is 7.57. The lowest BCUT2D eigenvalue weighted by molar-refractivity contribution is -0.120. The van der Waals surface area contributed by atoms with Crippen LogP contribution in [0, 0.1) is 5.92 Å². The molecule has 2 aliphatic rings. The quantitative estimate of drug-likeness (QED) is 0.864. The number of hydrogen-bond donors (Lipinski definition) is 2. The molecule has 0 spiro atoms. The molecule has 6 nitrogen and oxygen atoms in total. The molecule has 3 rings (SSSR count). The van der Waals surface area contributed by atoms with E-state index in [-0.39, 0.29) is 17.9 Å². The zero-order valence-corrected chi connectivity index (χ0v) is 12.3. The van der Waals surface area contributed by atoms with Gasteiger partial charge < -0.3 is 20.3 Å². The van der Waals surface area contributed by atoms with E-state index < -0.39 is 0 Å². The van der Waals surface area contributed by atoms with Crippen molar-refractivity contribution in [3.8, 4) is 0 Å². The highest BCUT2D eigenvalue weighted by Crippen LogP contribution is 2.19. The Morgan fingerprint density at radius 1 is 1.43 bits per heavy atom. The molecule has 114 valence electrons. The Hall–Kier alpha value is -1.66. The Morgan fingerprint density at radius 2 is 2.24 bits per heavy atom. The van der Waals surface area contributed by atoms with Crippen LogP contribution in [0.5, 0.6) is 0 Å². The van der Waals surface area contributed by atoms with Crippen molar-refractivity contribution in [3.63, 3.8) is 0 Å². The largest absolute Gasteiger partial charge is 0.378 e. The summed E-state index contributed by atoms with van der Waals surface area (Å²) in [6.07, 6.45) is 2.63. The summed E-state index contributed by atoms with van der Waals surface area (Å²) in [5.41, 5.74) is 0.760. The van der Waals surface area contributed by atoms with Crippen LogP contribution in [-0.2, 0) is 9.53 Å². The minimum absolute atomic E-state index is 0.0453. The first-order valence-corrected chi connectivity index (χ1v) is 7.57. The van der Waals surface area contributed by atoms with Gasteiger partial charge in [0.2, 0.25) is 5.91 Å². The van der Waals surface area contributed by atoms with E-state index in [1.54, 1.807) is 6.20 Å². The van der Waals surface area contributed by atoms with Gasteiger partial charge >= 0.3 is 0 Å². The second-order valence-electron chi connectivity index (χ2n) is 5.63. The van der Waals surface area contributed by atoms with Gasteiger partial charge in [0.05, 0.1) is 31.0 Å². The average molecular weight is 290 g/mol. The number of aromatic nitrogens is 1. The standard InChI is InChI=1S/C15H22N4O2/c1-11-13(4-5-16-11)15(20)18-12-2-3-14(17-10-12)19-6-8-21-9-7-19/h2-3,10-11,13,16H,4-9H2,1H3,(H,18,20). The van der Waals surface area contributed by atoms with Gasteiger partial charge in [-0.15, -0.1) is 0 Å². The maximum atomic E-state index is 12.2. The van der Waals surface area contributed by atoms with Gasteiger partial charge in [0.25, 0.3) is 0 Å². The normalized spacial score (nSPS) is 25.9. The Bertz CT molecular complexity index is 485. The van der Waals surface area contributed by atoms with E-state index in [1.807, 2.05) is 12.1 Å². The van der Waals surface area contributed by atoms with Crippen LogP contribution in [0.25, 0.3) is 0 Å². The third kappa shape index (κ3) is 3.33. The summed E-state index contributed by atoms with van der Waals surface area (Å²) < 4.78 is 5.33. The zero-order valence-electron chi connectivity index (χ0n) is 12.3. The van der Waals surface area contributed by atoms with Crippen LogP contribution >= 0.6 is 0 Å².